The van der Waals surface area contributed by atoms with E-state index in [1.165, 1.54) is 0 Å². The highest BCUT2D eigenvalue weighted by Crippen LogP contribution is 2.27. The molecule has 0 amide bonds. The summed E-state index contributed by atoms with van der Waals surface area (Å²) in [5.41, 5.74) is 1.09. The van der Waals surface area contributed by atoms with Gasteiger partial charge in [-0.05, 0) is 37.0 Å². The summed E-state index contributed by atoms with van der Waals surface area (Å²) in [5.74, 6) is 2.21. The van der Waals surface area contributed by atoms with Crippen molar-refractivity contribution in [3.63, 3.8) is 0 Å². The molecular weight excluding hydrogens is 334 g/mol. The molecule has 1 aliphatic rings. The number of benzene rings is 1. The Morgan fingerprint density at radius 2 is 2.08 bits per heavy atom. The van der Waals surface area contributed by atoms with Crippen LogP contribution < -0.4 is 20.1 Å². The molecule has 0 radical (unpaired) electrons. The SMILES string of the molecule is CN=C(NCCCOCC1CCCO1)NCc1ccc(OC)c(OC)c1. The summed E-state index contributed by atoms with van der Waals surface area (Å²) in [7, 11) is 5.03. The molecule has 7 heteroatoms. The van der Waals surface area contributed by atoms with Crippen molar-refractivity contribution in [1.29, 1.82) is 0 Å². The highest BCUT2D eigenvalue weighted by atomic mass is 16.5. The van der Waals surface area contributed by atoms with Crippen LogP contribution in [-0.2, 0) is 16.0 Å². The number of nitrogens with one attached hydrogen (secondary N) is 2. The number of guanidine groups is 1. The largest absolute Gasteiger partial charge is 0.493 e. The Balaban J connectivity index is 1.62. The third kappa shape index (κ3) is 6.72. The normalized spacial score (nSPS) is 17.2. The number of hydrogen-bond donors (Lipinski definition) is 2. The average molecular weight is 365 g/mol. The summed E-state index contributed by atoms with van der Waals surface area (Å²) in [6.07, 6.45) is 3.48. The zero-order valence-electron chi connectivity index (χ0n) is 16.0. The van der Waals surface area contributed by atoms with Crippen molar-refractivity contribution in [3.8, 4) is 11.5 Å². The van der Waals surface area contributed by atoms with E-state index in [0.29, 0.717) is 19.3 Å². The lowest BCUT2D eigenvalue weighted by atomic mass is 10.2. The molecule has 1 heterocycles. The highest BCUT2D eigenvalue weighted by Gasteiger charge is 2.14. The fraction of sp³-hybridized carbons (Fsp3) is 0.632. The summed E-state index contributed by atoms with van der Waals surface area (Å²) in [4.78, 5) is 4.24. The minimum atomic E-state index is 0.291. The first-order chi connectivity index (χ1) is 12.8. The van der Waals surface area contributed by atoms with Gasteiger partial charge in [-0.1, -0.05) is 6.07 Å². The molecule has 0 aromatic heterocycles. The predicted molar refractivity (Wildman–Crippen MR) is 102 cm³/mol. The number of ether oxygens (including phenoxy) is 4. The first-order valence-corrected chi connectivity index (χ1v) is 9.11. The van der Waals surface area contributed by atoms with E-state index in [4.69, 9.17) is 18.9 Å². The van der Waals surface area contributed by atoms with Crippen LogP contribution in [0.4, 0.5) is 0 Å². The van der Waals surface area contributed by atoms with E-state index in [2.05, 4.69) is 15.6 Å². The molecule has 1 atom stereocenters. The number of hydrogen-bond acceptors (Lipinski definition) is 5. The molecule has 0 spiro atoms. The monoisotopic (exact) mass is 365 g/mol. The van der Waals surface area contributed by atoms with Gasteiger partial charge in [-0.3, -0.25) is 4.99 Å². The van der Waals surface area contributed by atoms with E-state index in [1.54, 1.807) is 21.3 Å². The Labute approximate surface area is 156 Å². The van der Waals surface area contributed by atoms with Crippen LogP contribution in [0.2, 0.25) is 0 Å². The average Bonchev–Trinajstić information content (AvgIpc) is 3.20. The Morgan fingerprint density at radius 1 is 1.23 bits per heavy atom. The third-order valence-corrected chi connectivity index (χ3v) is 4.22. The minimum Gasteiger partial charge on any atom is -0.493 e. The summed E-state index contributed by atoms with van der Waals surface area (Å²) >= 11 is 0. The molecule has 7 nitrogen and oxygen atoms in total. The van der Waals surface area contributed by atoms with Gasteiger partial charge in [0, 0.05) is 33.4 Å². The zero-order chi connectivity index (χ0) is 18.6. The molecule has 146 valence electrons. The van der Waals surface area contributed by atoms with Gasteiger partial charge in [-0.15, -0.1) is 0 Å². The van der Waals surface area contributed by atoms with Crippen molar-refractivity contribution >= 4 is 5.96 Å². The zero-order valence-corrected chi connectivity index (χ0v) is 16.0. The van der Waals surface area contributed by atoms with Crippen molar-refractivity contribution in [3.05, 3.63) is 23.8 Å². The van der Waals surface area contributed by atoms with Gasteiger partial charge in [-0.25, -0.2) is 0 Å². The number of rotatable bonds is 10. The smallest absolute Gasteiger partial charge is 0.191 e. The van der Waals surface area contributed by atoms with Gasteiger partial charge >= 0.3 is 0 Å². The minimum absolute atomic E-state index is 0.291. The van der Waals surface area contributed by atoms with Crippen LogP contribution in [0.25, 0.3) is 0 Å². The molecule has 0 saturated carbocycles. The number of aliphatic imine (C=N–C) groups is 1. The standard InChI is InChI=1S/C19H31N3O4/c1-20-19(21-9-5-10-25-14-16-6-4-11-26-16)22-13-15-7-8-17(23-2)18(12-15)24-3/h7-8,12,16H,4-6,9-11,13-14H2,1-3H3,(H2,20,21,22). The maximum atomic E-state index is 5.66. The maximum absolute atomic E-state index is 5.66. The van der Waals surface area contributed by atoms with Crippen LogP contribution in [0.3, 0.4) is 0 Å². The van der Waals surface area contributed by atoms with Crippen LogP contribution in [0, 0.1) is 0 Å². The predicted octanol–water partition coefficient (Wildman–Crippen LogP) is 1.95. The van der Waals surface area contributed by atoms with E-state index in [0.717, 1.165) is 62.0 Å². The maximum Gasteiger partial charge on any atom is 0.191 e. The van der Waals surface area contributed by atoms with Crippen molar-refractivity contribution in [2.75, 3.05) is 47.6 Å². The van der Waals surface area contributed by atoms with Gasteiger partial charge in [0.05, 0.1) is 26.9 Å². The Hall–Kier alpha value is -1.99. The lowest BCUT2D eigenvalue weighted by molar-refractivity contribution is 0.0168. The fourth-order valence-electron chi connectivity index (χ4n) is 2.77. The summed E-state index contributed by atoms with van der Waals surface area (Å²) in [6.45, 7) is 3.75. The summed E-state index contributed by atoms with van der Waals surface area (Å²) in [6, 6.07) is 5.86. The van der Waals surface area contributed by atoms with Crippen molar-refractivity contribution in [2.45, 2.75) is 31.9 Å². The van der Waals surface area contributed by atoms with E-state index < -0.39 is 0 Å². The molecule has 1 aromatic carbocycles. The molecule has 1 fully saturated rings. The van der Waals surface area contributed by atoms with Gasteiger partial charge in [0.1, 0.15) is 0 Å². The first kappa shape index (κ1) is 20.3. The summed E-state index contributed by atoms with van der Waals surface area (Å²) < 4.78 is 21.8. The summed E-state index contributed by atoms with van der Waals surface area (Å²) in [5, 5.41) is 6.58. The third-order valence-electron chi connectivity index (χ3n) is 4.22. The fourth-order valence-corrected chi connectivity index (χ4v) is 2.77. The molecule has 1 aromatic rings. The van der Waals surface area contributed by atoms with Crippen molar-refractivity contribution < 1.29 is 18.9 Å². The van der Waals surface area contributed by atoms with Gasteiger partial charge in [0.15, 0.2) is 17.5 Å². The molecule has 1 saturated heterocycles. The number of methoxy groups -OCH3 is 2. The number of nitrogens with zero attached hydrogens (tertiary/aromatic N) is 1. The van der Waals surface area contributed by atoms with Gasteiger partial charge in [-0.2, -0.15) is 0 Å². The van der Waals surface area contributed by atoms with E-state index in [-0.39, 0.29) is 0 Å². The Morgan fingerprint density at radius 3 is 2.77 bits per heavy atom. The van der Waals surface area contributed by atoms with Crippen molar-refractivity contribution in [2.24, 2.45) is 4.99 Å². The second kappa shape index (κ2) is 11.6. The molecule has 26 heavy (non-hydrogen) atoms. The molecule has 0 aliphatic carbocycles. The van der Waals surface area contributed by atoms with Crippen LogP contribution in [0.5, 0.6) is 11.5 Å². The van der Waals surface area contributed by atoms with Crippen LogP contribution in [0.1, 0.15) is 24.8 Å². The molecular formula is C19H31N3O4. The van der Waals surface area contributed by atoms with Crippen LogP contribution in [-0.4, -0.2) is 59.7 Å². The lowest BCUT2D eigenvalue weighted by Gasteiger charge is -2.14. The first-order valence-electron chi connectivity index (χ1n) is 9.11. The topological polar surface area (TPSA) is 73.3 Å². The van der Waals surface area contributed by atoms with Gasteiger partial charge < -0.3 is 29.6 Å². The van der Waals surface area contributed by atoms with E-state index in [9.17, 15) is 0 Å². The Kier molecular flexibility index (Phi) is 9.06. The lowest BCUT2D eigenvalue weighted by Crippen LogP contribution is -2.37. The van der Waals surface area contributed by atoms with Gasteiger partial charge in [0.2, 0.25) is 0 Å². The van der Waals surface area contributed by atoms with E-state index >= 15 is 0 Å². The van der Waals surface area contributed by atoms with E-state index in [1.807, 2.05) is 18.2 Å². The Bertz CT molecular complexity index is 560. The second-order valence-electron chi connectivity index (χ2n) is 6.11. The molecule has 2 rings (SSSR count). The quantitative estimate of drug-likeness (QED) is 0.375. The van der Waals surface area contributed by atoms with Gasteiger partial charge in [0.25, 0.3) is 0 Å². The van der Waals surface area contributed by atoms with Crippen molar-refractivity contribution in [1.82, 2.24) is 10.6 Å². The van der Waals surface area contributed by atoms with Crippen LogP contribution >= 0.6 is 0 Å². The molecule has 2 N–H and O–H groups in total. The molecule has 1 aliphatic heterocycles. The highest BCUT2D eigenvalue weighted by molar-refractivity contribution is 5.79. The second-order valence-corrected chi connectivity index (χ2v) is 6.11. The molecule has 0 bridgehead atoms. The van der Waals surface area contributed by atoms with Crippen LogP contribution in [0.15, 0.2) is 23.2 Å². The molecule has 1 unspecified atom stereocenters.